The van der Waals surface area contributed by atoms with E-state index >= 15 is 0 Å². The number of allylic oxidation sites excluding steroid dienone is 1. The lowest BCUT2D eigenvalue weighted by atomic mass is 10.1. The SMILES string of the molecule is C=[N+]1C(=O)C([N+](=O)[O-])=C(SC(C)C)C(C(=O)O)=C1C. The van der Waals surface area contributed by atoms with Crippen LogP contribution in [0.5, 0.6) is 0 Å². The Balaban J connectivity index is 3.64. The maximum absolute atomic E-state index is 11.9. The van der Waals surface area contributed by atoms with Crippen LogP contribution in [-0.4, -0.2) is 38.4 Å². The largest absolute Gasteiger partial charge is 0.496 e. The summed E-state index contributed by atoms with van der Waals surface area (Å²) in [4.78, 5) is 33.2. The molecule has 1 N–H and O–H groups in total. The Labute approximate surface area is 113 Å². The van der Waals surface area contributed by atoms with Gasteiger partial charge in [0.25, 0.3) is 0 Å². The summed E-state index contributed by atoms with van der Waals surface area (Å²) < 4.78 is 0.742. The first-order chi connectivity index (χ1) is 8.68. The van der Waals surface area contributed by atoms with Gasteiger partial charge in [0.1, 0.15) is 17.2 Å². The first kappa shape index (κ1) is 15.1. The maximum Gasteiger partial charge on any atom is 0.496 e. The van der Waals surface area contributed by atoms with Gasteiger partial charge in [0.05, 0.1) is 4.92 Å². The van der Waals surface area contributed by atoms with E-state index in [1.165, 1.54) is 6.92 Å². The summed E-state index contributed by atoms with van der Waals surface area (Å²) in [5.41, 5.74) is -0.900. The van der Waals surface area contributed by atoms with Crippen molar-refractivity contribution < 1.29 is 24.2 Å². The molecule has 0 radical (unpaired) electrons. The Morgan fingerprint density at radius 2 is 2.05 bits per heavy atom. The molecular formula is C11H13N2O5S+. The number of aliphatic carboxylic acids is 1. The summed E-state index contributed by atoms with van der Waals surface area (Å²) >= 11 is 0.982. The molecule has 1 aliphatic rings. The maximum atomic E-state index is 11.9. The highest BCUT2D eigenvalue weighted by molar-refractivity contribution is 8.04. The lowest BCUT2D eigenvalue weighted by Crippen LogP contribution is -2.32. The third kappa shape index (κ3) is 2.73. The molecule has 1 aliphatic heterocycles. The Morgan fingerprint density at radius 1 is 1.53 bits per heavy atom. The van der Waals surface area contributed by atoms with E-state index in [1.807, 2.05) is 0 Å². The molecule has 0 aromatic carbocycles. The van der Waals surface area contributed by atoms with Gasteiger partial charge in [-0.25, -0.2) is 9.59 Å². The highest BCUT2D eigenvalue weighted by atomic mass is 32.2. The van der Waals surface area contributed by atoms with Crippen LogP contribution < -0.4 is 0 Å². The van der Waals surface area contributed by atoms with Crippen molar-refractivity contribution in [2.24, 2.45) is 0 Å². The molecule has 1 rings (SSSR count). The zero-order valence-corrected chi connectivity index (χ0v) is 11.5. The Bertz CT molecular complexity index is 559. The number of carboxylic acid groups (broad SMARTS) is 1. The number of hydrogen-bond acceptors (Lipinski definition) is 5. The summed E-state index contributed by atoms with van der Waals surface area (Å²) in [6.07, 6.45) is 0. The number of carboxylic acids is 1. The minimum atomic E-state index is -1.32. The zero-order valence-electron chi connectivity index (χ0n) is 10.7. The van der Waals surface area contributed by atoms with Crippen LogP contribution in [0.15, 0.2) is 21.9 Å². The van der Waals surface area contributed by atoms with E-state index in [1.54, 1.807) is 13.8 Å². The molecule has 0 aliphatic carbocycles. The van der Waals surface area contributed by atoms with Gasteiger partial charge < -0.3 is 5.11 Å². The molecule has 0 spiro atoms. The van der Waals surface area contributed by atoms with Crippen molar-refractivity contribution in [3.63, 3.8) is 0 Å². The molecular weight excluding hydrogens is 272 g/mol. The highest BCUT2D eigenvalue weighted by Gasteiger charge is 2.46. The Hall–Kier alpha value is -1.96. The fourth-order valence-corrected chi connectivity index (χ4v) is 2.66. The fourth-order valence-electron chi connectivity index (χ4n) is 1.56. The summed E-state index contributed by atoms with van der Waals surface area (Å²) in [6, 6.07) is 0. The smallest absolute Gasteiger partial charge is 0.477 e. The number of amides is 1. The van der Waals surface area contributed by atoms with Crippen LogP contribution in [0.3, 0.4) is 0 Å². The molecule has 0 aromatic rings. The molecule has 0 saturated heterocycles. The van der Waals surface area contributed by atoms with Crippen LogP contribution in [0.1, 0.15) is 20.8 Å². The summed E-state index contributed by atoms with van der Waals surface area (Å²) in [6.45, 7) is 8.26. The van der Waals surface area contributed by atoms with Gasteiger partial charge >= 0.3 is 17.6 Å². The van der Waals surface area contributed by atoms with Crippen LogP contribution in [0, 0.1) is 10.1 Å². The lowest BCUT2D eigenvalue weighted by Gasteiger charge is -2.14. The predicted octanol–water partition coefficient (Wildman–Crippen LogP) is 1.23. The van der Waals surface area contributed by atoms with Crippen molar-refractivity contribution in [1.29, 1.82) is 0 Å². The summed E-state index contributed by atoms with van der Waals surface area (Å²) in [7, 11) is 0. The number of rotatable bonds is 4. The molecule has 1 heterocycles. The molecule has 0 fully saturated rings. The number of thioether (sulfide) groups is 1. The predicted molar refractivity (Wildman–Crippen MR) is 69.5 cm³/mol. The van der Waals surface area contributed by atoms with E-state index in [-0.39, 0.29) is 21.4 Å². The third-order valence-corrected chi connectivity index (χ3v) is 3.51. The number of nitro groups is 1. The van der Waals surface area contributed by atoms with Gasteiger partial charge in [-0.05, 0) is 0 Å². The first-order valence-electron chi connectivity index (χ1n) is 5.33. The zero-order chi connectivity index (χ0) is 14.9. The van der Waals surface area contributed by atoms with E-state index in [0.29, 0.717) is 0 Å². The third-order valence-electron chi connectivity index (χ3n) is 2.41. The lowest BCUT2D eigenvalue weighted by molar-refractivity contribution is -0.456. The average Bonchev–Trinajstić information content (AvgIpc) is 2.24. The quantitative estimate of drug-likeness (QED) is 0.473. The Morgan fingerprint density at radius 3 is 2.42 bits per heavy atom. The van der Waals surface area contributed by atoms with Gasteiger partial charge in [-0.15, -0.1) is 16.3 Å². The van der Waals surface area contributed by atoms with Crippen molar-refractivity contribution >= 4 is 30.4 Å². The van der Waals surface area contributed by atoms with E-state index < -0.39 is 22.5 Å². The van der Waals surface area contributed by atoms with Gasteiger partial charge in [-0.3, -0.25) is 10.1 Å². The number of carbonyl (C=O) groups is 2. The molecule has 7 nitrogen and oxygen atoms in total. The molecule has 8 heteroatoms. The van der Waals surface area contributed by atoms with Crippen molar-refractivity contribution in [2.75, 3.05) is 0 Å². The molecule has 19 heavy (non-hydrogen) atoms. The summed E-state index contributed by atoms with van der Waals surface area (Å²) in [5, 5.41) is 20.1. The van der Waals surface area contributed by atoms with Crippen LogP contribution in [0.4, 0.5) is 0 Å². The standard InChI is InChI=1S/C11H12N2O5S/c1-5(2)19-9-7(11(15)16)6(3)12(4)10(14)8(9)13(17)18/h5H,4H2,1-3H3/p+1. The fraction of sp³-hybridized carbons (Fsp3) is 0.364. The van der Waals surface area contributed by atoms with Gasteiger partial charge in [0, 0.05) is 12.2 Å². The van der Waals surface area contributed by atoms with Gasteiger partial charge in [-0.1, -0.05) is 13.8 Å². The van der Waals surface area contributed by atoms with Crippen molar-refractivity contribution in [3.8, 4) is 0 Å². The van der Waals surface area contributed by atoms with Crippen molar-refractivity contribution in [1.82, 2.24) is 0 Å². The first-order valence-corrected chi connectivity index (χ1v) is 6.21. The molecule has 102 valence electrons. The van der Waals surface area contributed by atoms with Crippen molar-refractivity contribution in [3.05, 3.63) is 32.0 Å². The molecule has 0 atom stereocenters. The van der Waals surface area contributed by atoms with E-state index in [0.717, 1.165) is 16.3 Å². The summed E-state index contributed by atoms with van der Waals surface area (Å²) in [5.74, 6) is -2.23. The highest BCUT2D eigenvalue weighted by Crippen LogP contribution is 2.36. The number of nitrogens with zero attached hydrogens (tertiary/aromatic N) is 2. The Kier molecular flexibility index (Phi) is 4.25. The van der Waals surface area contributed by atoms with Gasteiger partial charge in [0.2, 0.25) is 5.70 Å². The van der Waals surface area contributed by atoms with Gasteiger partial charge in [0.15, 0.2) is 0 Å². The van der Waals surface area contributed by atoms with E-state index in [9.17, 15) is 24.8 Å². The van der Waals surface area contributed by atoms with Crippen LogP contribution in [0.25, 0.3) is 0 Å². The van der Waals surface area contributed by atoms with Crippen LogP contribution in [0.2, 0.25) is 0 Å². The second kappa shape index (κ2) is 5.35. The minimum absolute atomic E-state index is 0.0891. The number of hydrogen-bond donors (Lipinski definition) is 1. The normalized spacial score (nSPS) is 16.4. The molecule has 0 saturated carbocycles. The number of carbonyl (C=O) groups excluding carboxylic acids is 1. The molecule has 1 amide bonds. The molecule has 0 bridgehead atoms. The van der Waals surface area contributed by atoms with Crippen LogP contribution in [-0.2, 0) is 9.59 Å². The second-order valence-electron chi connectivity index (χ2n) is 4.10. The average molecular weight is 285 g/mol. The molecule has 0 aromatic heterocycles. The van der Waals surface area contributed by atoms with Crippen molar-refractivity contribution in [2.45, 2.75) is 26.0 Å². The minimum Gasteiger partial charge on any atom is -0.477 e. The molecule has 0 unspecified atom stereocenters. The van der Waals surface area contributed by atoms with Crippen LogP contribution >= 0.6 is 11.8 Å². The second-order valence-corrected chi connectivity index (χ2v) is 5.69. The van der Waals surface area contributed by atoms with E-state index in [4.69, 9.17) is 0 Å². The topological polar surface area (TPSA) is 101 Å². The van der Waals surface area contributed by atoms with Gasteiger partial charge in [-0.2, -0.15) is 0 Å². The van der Waals surface area contributed by atoms with E-state index in [2.05, 4.69) is 6.72 Å². The monoisotopic (exact) mass is 285 g/mol.